The molecule has 30 heavy (non-hydrogen) atoms. The first-order valence-electron chi connectivity index (χ1n) is 9.53. The van der Waals surface area contributed by atoms with Gasteiger partial charge in [0.1, 0.15) is 5.76 Å². The highest BCUT2D eigenvalue weighted by Gasteiger charge is 2.29. The maximum atomic E-state index is 12.8. The molecule has 3 aromatic heterocycles. The van der Waals surface area contributed by atoms with E-state index in [1.165, 1.54) is 11.8 Å². The molecular formula is C19H22N4O5S2. The quantitative estimate of drug-likeness (QED) is 0.395. The van der Waals surface area contributed by atoms with Crippen molar-refractivity contribution < 1.29 is 22.2 Å². The van der Waals surface area contributed by atoms with Gasteiger partial charge < -0.3 is 8.94 Å². The number of hydrogen-bond donors (Lipinski definition) is 0. The molecule has 1 atom stereocenters. The topological polar surface area (TPSA) is 121 Å². The highest BCUT2D eigenvalue weighted by molar-refractivity contribution is 7.99. The SMILES string of the molecule is Cc1cc(-n2c(C)cc(C(=O)CSc3nnc(CC4CCS(=O)(=O)C4)o3)c2C)no1. The fourth-order valence-electron chi connectivity index (χ4n) is 3.72. The van der Waals surface area contributed by atoms with Crippen LogP contribution in [0.1, 0.15) is 39.8 Å². The lowest BCUT2D eigenvalue weighted by Crippen LogP contribution is -2.07. The first-order chi connectivity index (χ1) is 14.2. The van der Waals surface area contributed by atoms with E-state index in [0.717, 1.165) is 11.4 Å². The summed E-state index contributed by atoms with van der Waals surface area (Å²) < 4.78 is 35.8. The lowest BCUT2D eigenvalue weighted by atomic mass is 10.1. The summed E-state index contributed by atoms with van der Waals surface area (Å²) in [6.07, 6.45) is 1.06. The first kappa shape index (κ1) is 20.9. The Bertz CT molecular complexity index is 1190. The smallest absolute Gasteiger partial charge is 0.277 e. The van der Waals surface area contributed by atoms with Crippen molar-refractivity contribution in [2.45, 2.75) is 38.8 Å². The van der Waals surface area contributed by atoms with Crippen LogP contribution in [-0.4, -0.2) is 51.4 Å². The standard InChI is InChI=1S/C19H22N4O5S2/c1-11-6-15(13(3)23(11)17-7-12(2)28-22-17)16(24)9-29-19-21-20-18(27-19)8-14-4-5-30(25,26)10-14/h6-7,14H,4-5,8-10H2,1-3H3. The molecule has 4 rings (SSSR count). The van der Waals surface area contributed by atoms with Gasteiger partial charge in [-0.1, -0.05) is 16.9 Å². The molecule has 0 radical (unpaired) electrons. The molecule has 0 aromatic carbocycles. The normalized spacial score (nSPS) is 18.2. The van der Waals surface area contributed by atoms with E-state index < -0.39 is 9.84 Å². The highest BCUT2D eigenvalue weighted by Crippen LogP contribution is 2.26. The van der Waals surface area contributed by atoms with Gasteiger partial charge in [0.2, 0.25) is 5.89 Å². The predicted molar refractivity (Wildman–Crippen MR) is 110 cm³/mol. The second kappa shape index (κ2) is 8.03. The van der Waals surface area contributed by atoms with Crippen LogP contribution in [0, 0.1) is 26.7 Å². The third-order valence-corrected chi connectivity index (χ3v) is 7.80. The van der Waals surface area contributed by atoms with E-state index in [1.54, 1.807) is 0 Å². The van der Waals surface area contributed by atoms with Crippen molar-refractivity contribution in [1.82, 2.24) is 19.9 Å². The maximum absolute atomic E-state index is 12.8. The van der Waals surface area contributed by atoms with Crippen molar-refractivity contribution >= 4 is 27.4 Å². The Hall–Kier alpha value is -2.40. The third kappa shape index (κ3) is 4.36. The van der Waals surface area contributed by atoms with Crippen molar-refractivity contribution in [3.63, 3.8) is 0 Å². The molecule has 0 amide bonds. The number of hydrogen-bond acceptors (Lipinski definition) is 9. The second-order valence-corrected chi connectivity index (χ2v) is 10.7. The third-order valence-electron chi connectivity index (χ3n) is 5.14. The maximum Gasteiger partial charge on any atom is 0.277 e. The van der Waals surface area contributed by atoms with Crippen molar-refractivity contribution in [2.75, 3.05) is 17.3 Å². The Morgan fingerprint density at radius 1 is 1.27 bits per heavy atom. The summed E-state index contributed by atoms with van der Waals surface area (Å²) in [6, 6.07) is 3.65. The van der Waals surface area contributed by atoms with Crippen LogP contribution in [0.3, 0.4) is 0 Å². The molecule has 11 heteroatoms. The Morgan fingerprint density at radius 2 is 2.07 bits per heavy atom. The molecule has 1 saturated heterocycles. The zero-order valence-corrected chi connectivity index (χ0v) is 18.5. The number of carbonyl (C=O) groups is 1. The second-order valence-electron chi connectivity index (χ2n) is 7.56. The Balaban J connectivity index is 1.39. The molecule has 0 saturated carbocycles. The summed E-state index contributed by atoms with van der Waals surface area (Å²) in [7, 11) is -2.94. The van der Waals surface area contributed by atoms with Crippen molar-refractivity contribution in [3.8, 4) is 5.82 Å². The highest BCUT2D eigenvalue weighted by atomic mass is 32.2. The molecule has 0 N–H and O–H groups in total. The van der Waals surface area contributed by atoms with E-state index in [1.807, 2.05) is 37.5 Å². The van der Waals surface area contributed by atoms with E-state index in [9.17, 15) is 13.2 Å². The zero-order chi connectivity index (χ0) is 21.5. The van der Waals surface area contributed by atoms with Crippen molar-refractivity contribution in [3.05, 3.63) is 40.7 Å². The Morgan fingerprint density at radius 3 is 2.73 bits per heavy atom. The van der Waals surface area contributed by atoms with Crippen LogP contribution >= 0.6 is 11.8 Å². The minimum Gasteiger partial charge on any atom is -0.416 e. The number of aryl methyl sites for hydroxylation is 2. The Labute approximate surface area is 178 Å². The molecule has 160 valence electrons. The molecule has 1 aliphatic heterocycles. The summed E-state index contributed by atoms with van der Waals surface area (Å²) in [5, 5.41) is 12.3. The van der Waals surface area contributed by atoms with Gasteiger partial charge >= 0.3 is 0 Å². The number of thioether (sulfide) groups is 1. The average molecular weight is 451 g/mol. The number of rotatable bonds is 7. The van der Waals surface area contributed by atoms with E-state index in [-0.39, 0.29) is 29.0 Å². The summed E-state index contributed by atoms with van der Waals surface area (Å²) in [5.74, 6) is 2.24. The van der Waals surface area contributed by atoms with E-state index >= 15 is 0 Å². The van der Waals surface area contributed by atoms with Crippen molar-refractivity contribution in [1.29, 1.82) is 0 Å². The van der Waals surface area contributed by atoms with Gasteiger partial charge in [0.15, 0.2) is 21.4 Å². The molecule has 1 fully saturated rings. The molecule has 9 nitrogen and oxygen atoms in total. The molecule has 0 bridgehead atoms. The lowest BCUT2D eigenvalue weighted by molar-refractivity contribution is 0.102. The Kier molecular flexibility index (Phi) is 5.58. The summed E-state index contributed by atoms with van der Waals surface area (Å²) in [5.41, 5.74) is 2.29. The summed E-state index contributed by atoms with van der Waals surface area (Å²) in [4.78, 5) is 12.8. The van der Waals surface area contributed by atoms with Crippen LogP contribution in [0.5, 0.6) is 0 Å². The molecule has 0 spiro atoms. The van der Waals surface area contributed by atoms with Crippen LogP contribution in [0.25, 0.3) is 5.82 Å². The monoisotopic (exact) mass is 450 g/mol. The minimum absolute atomic E-state index is 0.0143. The van der Waals surface area contributed by atoms with Gasteiger partial charge in [-0.05, 0) is 39.2 Å². The van der Waals surface area contributed by atoms with Gasteiger partial charge in [-0.3, -0.25) is 9.36 Å². The molecule has 1 aliphatic rings. The van der Waals surface area contributed by atoms with Gasteiger partial charge in [-0.25, -0.2) is 8.42 Å². The predicted octanol–water partition coefficient (Wildman–Crippen LogP) is 2.73. The minimum atomic E-state index is -2.94. The van der Waals surface area contributed by atoms with Crippen LogP contribution < -0.4 is 0 Å². The lowest BCUT2D eigenvalue weighted by Gasteiger charge is -2.04. The number of ketones is 1. The summed E-state index contributed by atoms with van der Waals surface area (Å²) in [6.45, 7) is 5.60. The van der Waals surface area contributed by atoms with Gasteiger partial charge in [0.25, 0.3) is 5.22 Å². The molecule has 0 aliphatic carbocycles. The molecule has 4 heterocycles. The van der Waals surface area contributed by atoms with Crippen LogP contribution in [0.2, 0.25) is 0 Å². The van der Waals surface area contributed by atoms with Gasteiger partial charge in [-0.2, -0.15) is 0 Å². The van der Waals surface area contributed by atoms with Crippen LogP contribution in [-0.2, 0) is 16.3 Å². The zero-order valence-electron chi connectivity index (χ0n) is 16.9. The van der Waals surface area contributed by atoms with Crippen molar-refractivity contribution in [2.24, 2.45) is 5.92 Å². The number of Topliss-reactive ketones (excluding diaryl/α,β-unsaturated/α-hetero) is 1. The van der Waals surface area contributed by atoms with Gasteiger partial charge in [-0.15, -0.1) is 10.2 Å². The first-order valence-corrected chi connectivity index (χ1v) is 12.3. The van der Waals surface area contributed by atoms with E-state index in [4.69, 9.17) is 8.94 Å². The largest absolute Gasteiger partial charge is 0.416 e. The van der Waals surface area contributed by atoms with Gasteiger partial charge in [0, 0.05) is 29.4 Å². The van der Waals surface area contributed by atoms with Crippen LogP contribution in [0.15, 0.2) is 26.3 Å². The fraction of sp³-hybridized carbons (Fsp3) is 0.474. The van der Waals surface area contributed by atoms with E-state index in [0.29, 0.717) is 41.1 Å². The molecular weight excluding hydrogens is 428 g/mol. The fourth-order valence-corrected chi connectivity index (χ4v) is 6.25. The van der Waals surface area contributed by atoms with Gasteiger partial charge in [0.05, 0.1) is 17.3 Å². The number of sulfone groups is 1. The molecule has 1 unspecified atom stereocenters. The molecule has 3 aromatic rings. The van der Waals surface area contributed by atoms with Crippen LogP contribution in [0.4, 0.5) is 0 Å². The summed E-state index contributed by atoms with van der Waals surface area (Å²) >= 11 is 1.17. The number of aromatic nitrogens is 4. The number of nitrogens with zero attached hydrogens (tertiary/aromatic N) is 4. The average Bonchev–Trinajstić information content (AvgIpc) is 3.43. The number of carbonyl (C=O) groups excluding carboxylic acids is 1. The van der Waals surface area contributed by atoms with E-state index in [2.05, 4.69) is 15.4 Å².